The van der Waals surface area contributed by atoms with Crippen LogP contribution in [0.2, 0.25) is 0 Å². The topological polar surface area (TPSA) is 124 Å². The van der Waals surface area contributed by atoms with Crippen molar-refractivity contribution in [1.29, 1.82) is 0 Å². The number of carbonyl (C=O) groups is 1. The molecule has 1 saturated heterocycles. The van der Waals surface area contributed by atoms with E-state index in [0.29, 0.717) is 37.4 Å². The lowest BCUT2D eigenvalue weighted by molar-refractivity contribution is -0.0707. The minimum Gasteiger partial charge on any atom is -0.389 e. The Labute approximate surface area is 212 Å². The second-order valence-corrected chi connectivity index (χ2v) is 10.8. The van der Waals surface area contributed by atoms with E-state index in [1.54, 1.807) is 17.9 Å². The fraction of sp³-hybridized carbons (Fsp3) is 0.458. The number of nitrogen functional groups attached to an aromatic ring is 1. The SMILES string of the molecule is Cn1ncc(NC(=O)c2nc(-c3c(F)cccc3F)sc2N)c1N1CCC(N)C(OC(C)(C)C)CC1. The van der Waals surface area contributed by atoms with Crippen LogP contribution < -0.4 is 21.7 Å². The highest BCUT2D eigenvalue weighted by Crippen LogP contribution is 2.35. The Bertz CT molecular complexity index is 1230. The lowest BCUT2D eigenvalue weighted by atomic mass is 10.1. The molecule has 0 aliphatic carbocycles. The summed E-state index contributed by atoms with van der Waals surface area (Å²) in [4.78, 5) is 19.3. The Kier molecular flexibility index (Phi) is 7.30. The van der Waals surface area contributed by atoms with Crippen LogP contribution in [0.4, 0.5) is 25.3 Å². The summed E-state index contributed by atoms with van der Waals surface area (Å²) in [7, 11) is 1.79. The van der Waals surface area contributed by atoms with Gasteiger partial charge in [-0.2, -0.15) is 5.10 Å². The fourth-order valence-corrected chi connectivity index (χ4v) is 5.17. The third-order valence-electron chi connectivity index (χ3n) is 5.90. The van der Waals surface area contributed by atoms with Crippen molar-refractivity contribution in [2.24, 2.45) is 12.8 Å². The normalized spacial score (nSPS) is 18.8. The van der Waals surface area contributed by atoms with Gasteiger partial charge in [0.1, 0.15) is 27.3 Å². The zero-order valence-corrected chi connectivity index (χ0v) is 21.5. The van der Waals surface area contributed by atoms with Gasteiger partial charge in [0, 0.05) is 26.2 Å². The second-order valence-electron chi connectivity index (χ2n) is 9.79. The first kappa shape index (κ1) is 26.0. The third kappa shape index (κ3) is 5.50. The van der Waals surface area contributed by atoms with Crippen LogP contribution >= 0.6 is 11.3 Å². The summed E-state index contributed by atoms with van der Waals surface area (Å²) in [5.41, 5.74) is 12.2. The molecule has 2 unspecified atom stereocenters. The smallest absolute Gasteiger partial charge is 0.277 e. The molecule has 1 fully saturated rings. The van der Waals surface area contributed by atoms with E-state index in [-0.39, 0.29) is 39.0 Å². The van der Waals surface area contributed by atoms with Gasteiger partial charge in [0.25, 0.3) is 5.91 Å². The number of aromatic nitrogens is 3. The van der Waals surface area contributed by atoms with E-state index < -0.39 is 17.5 Å². The zero-order chi connectivity index (χ0) is 26.2. The number of amides is 1. The van der Waals surface area contributed by atoms with Gasteiger partial charge in [-0.05, 0) is 45.7 Å². The van der Waals surface area contributed by atoms with Gasteiger partial charge in [-0.15, -0.1) is 0 Å². The number of rotatable bonds is 5. The summed E-state index contributed by atoms with van der Waals surface area (Å²) >= 11 is 0.847. The minimum atomic E-state index is -0.779. The average molecular weight is 520 g/mol. The number of anilines is 3. The molecule has 36 heavy (non-hydrogen) atoms. The minimum absolute atomic E-state index is 0.00828. The number of aryl methyl sites for hydroxylation is 1. The van der Waals surface area contributed by atoms with Gasteiger partial charge in [-0.1, -0.05) is 17.4 Å². The van der Waals surface area contributed by atoms with Crippen molar-refractivity contribution in [2.45, 2.75) is 51.4 Å². The van der Waals surface area contributed by atoms with Gasteiger partial charge >= 0.3 is 0 Å². The van der Waals surface area contributed by atoms with Crippen LogP contribution in [-0.2, 0) is 11.8 Å². The largest absolute Gasteiger partial charge is 0.389 e. The van der Waals surface area contributed by atoms with Crippen molar-refractivity contribution >= 4 is 33.8 Å². The number of halogens is 2. The number of nitrogens with two attached hydrogens (primary N) is 2. The fourth-order valence-electron chi connectivity index (χ4n) is 4.29. The molecule has 1 aromatic carbocycles. The number of thiazole rings is 1. The lowest BCUT2D eigenvalue weighted by Gasteiger charge is -2.30. The number of hydrogen-bond acceptors (Lipinski definition) is 8. The van der Waals surface area contributed by atoms with E-state index in [9.17, 15) is 13.6 Å². The highest BCUT2D eigenvalue weighted by molar-refractivity contribution is 7.19. The zero-order valence-electron chi connectivity index (χ0n) is 20.7. The Morgan fingerprint density at radius 2 is 1.89 bits per heavy atom. The van der Waals surface area contributed by atoms with Crippen molar-refractivity contribution in [3.8, 4) is 10.6 Å². The Morgan fingerprint density at radius 3 is 2.56 bits per heavy atom. The molecule has 4 rings (SSSR count). The molecule has 1 aliphatic heterocycles. The highest BCUT2D eigenvalue weighted by Gasteiger charge is 2.30. The van der Waals surface area contributed by atoms with Crippen LogP contribution in [-0.4, -0.2) is 51.5 Å². The molecule has 9 nitrogen and oxygen atoms in total. The molecular formula is C24H31F2N7O2S. The van der Waals surface area contributed by atoms with Crippen molar-refractivity contribution in [3.05, 3.63) is 41.7 Å². The predicted octanol–water partition coefficient (Wildman–Crippen LogP) is 3.77. The van der Waals surface area contributed by atoms with Crippen LogP contribution in [0.25, 0.3) is 10.6 Å². The molecule has 0 bridgehead atoms. The van der Waals surface area contributed by atoms with Gasteiger partial charge < -0.3 is 26.4 Å². The summed E-state index contributed by atoms with van der Waals surface area (Å²) < 4.78 is 36.3. The highest BCUT2D eigenvalue weighted by atomic mass is 32.1. The lowest BCUT2D eigenvalue weighted by Crippen LogP contribution is -2.41. The van der Waals surface area contributed by atoms with Gasteiger partial charge in [0.2, 0.25) is 0 Å². The molecule has 2 atom stereocenters. The summed E-state index contributed by atoms with van der Waals surface area (Å²) in [5.74, 6) is -1.45. The molecule has 0 spiro atoms. The second kappa shape index (κ2) is 10.1. The van der Waals surface area contributed by atoms with Crippen LogP contribution in [0.3, 0.4) is 0 Å². The van der Waals surface area contributed by atoms with E-state index in [1.807, 2.05) is 20.8 Å². The standard InChI is InChI=1S/C24H31F2N7O2S/c1-24(2,3)35-17-9-11-33(10-8-15(17)27)23-16(12-29-32(23)4)30-21(34)19-20(28)36-22(31-19)18-13(25)6-5-7-14(18)26/h5-7,12,15,17H,8-11,27-28H2,1-4H3,(H,30,34). The van der Waals surface area contributed by atoms with E-state index >= 15 is 0 Å². The van der Waals surface area contributed by atoms with Crippen molar-refractivity contribution < 1.29 is 18.3 Å². The molecule has 1 aliphatic rings. The Balaban J connectivity index is 1.54. The van der Waals surface area contributed by atoms with Gasteiger partial charge in [-0.25, -0.2) is 13.8 Å². The van der Waals surface area contributed by atoms with Crippen LogP contribution in [0, 0.1) is 11.6 Å². The Morgan fingerprint density at radius 1 is 1.22 bits per heavy atom. The van der Waals surface area contributed by atoms with E-state index in [0.717, 1.165) is 23.5 Å². The van der Waals surface area contributed by atoms with E-state index in [4.69, 9.17) is 16.2 Å². The van der Waals surface area contributed by atoms with E-state index in [2.05, 4.69) is 20.3 Å². The molecule has 0 saturated carbocycles. The Hall–Kier alpha value is -3.09. The number of carbonyl (C=O) groups excluding carboxylic acids is 1. The van der Waals surface area contributed by atoms with E-state index in [1.165, 1.54) is 6.07 Å². The maximum Gasteiger partial charge on any atom is 0.277 e. The number of benzene rings is 1. The molecular weight excluding hydrogens is 488 g/mol. The molecule has 12 heteroatoms. The number of nitrogens with one attached hydrogen (secondary N) is 1. The first-order valence-corrected chi connectivity index (χ1v) is 12.5. The number of nitrogens with zero attached hydrogens (tertiary/aromatic N) is 4. The van der Waals surface area contributed by atoms with Gasteiger partial charge in [0.05, 0.1) is 23.5 Å². The maximum atomic E-state index is 14.2. The molecule has 3 aromatic rings. The average Bonchev–Trinajstić information content (AvgIpc) is 3.28. The number of ether oxygens (including phenoxy) is 1. The van der Waals surface area contributed by atoms with Gasteiger partial charge in [0.15, 0.2) is 11.5 Å². The molecule has 5 N–H and O–H groups in total. The van der Waals surface area contributed by atoms with Gasteiger partial charge in [-0.3, -0.25) is 9.48 Å². The monoisotopic (exact) mass is 519 g/mol. The molecule has 1 amide bonds. The summed E-state index contributed by atoms with van der Waals surface area (Å²) in [6.07, 6.45) is 2.87. The van der Waals surface area contributed by atoms with Crippen LogP contribution in [0.15, 0.2) is 24.4 Å². The quantitative estimate of drug-likeness (QED) is 0.469. The summed E-state index contributed by atoms with van der Waals surface area (Å²) in [6, 6.07) is 3.40. The summed E-state index contributed by atoms with van der Waals surface area (Å²) in [5, 5.41) is 7.17. The van der Waals surface area contributed by atoms with Crippen molar-refractivity contribution in [1.82, 2.24) is 14.8 Å². The predicted molar refractivity (Wildman–Crippen MR) is 137 cm³/mol. The maximum absolute atomic E-state index is 14.2. The van der Waals surface area contributed by atoms with Crippen molar-refractivity contribution in [2.75, 3.05) is 29.0 Å². The first-order valence-electron chi connectivity index (χ1n) is 11.7. The molecule has 194 valence electrons. The third-order valence-corrected chi connectivity index (χ3v) is 6.80. The summed E-state index contributed by atoms with van der Waals surface area (Å²) in [6.45, 7) is 7.34. The van der Waals surface area contributed by atoms with Crippen LogP contribution in [0.1, 0.15) is 44.1 Å². The van der Waals surface area contributed by atoms with Crippen molar-refractivity contribution in [3.63, 3.8) is 0 Å². The first-order chi connectivity index (χ1) is 16.9. The molecule has 3 heterocycles. The molecule has 0 radical (unpaired) electrons. The number of hydrogen-bond donors (Lipinski definition) is 3. The van der Waals surface area contributed by atoms with Crippen LogP contribution in [0.5, 0.6) is 0 Å². The molecule has 2 aromatic heterocycles.